The van der Waals surface area contributed by atoms with Crippen LogP contribution in [0.4, 0.5) is 11.5 Å². The van der Waals surface area contributed by atoms with Gasteiger partial charge in [0.1, 0.15) is 5.75 Å². The van der Waals surface area contributed by atoms with Crippen LogP contribution in [0.25, 0.3) is 11.3 Å². The van der Waals surface area contributed by atoms with E-state index >= 15 is 0 Å². The van der Waals surface area contributed by atoms with Crippen LogP contribution in [0.3, 0.4) is 0 Å². The highest BCUT2D eigenvalue weighted by atomic mass is 16.3. The SMILES string of the molecule is CN1CCN2c3cc(-c4ccccc4O)nnc3NC[C@H]2C1. The van der Waals surface area contributed by atoms with Crippen molar-refractivity contribution >= 4 is 11.5 Å². The molecule has 0 aliphatic carbocycles. The smallest absolute Gasteiger partial charge is 0.172 e. The molecular weight excluding hydrogens is 278 g/mol. The molecule has 1 fully saturated rings. The molecule has 1 saturated heterocycles. The van der Waals surface area contributed by atoms with Crippen molar-refractivity contribution < 1.29 is 5.11 Å². The highest BCUT2D eigenvalue weighted by Gasteiger charge is 2.31. The average molecular weight is 297 g/mol. The van der Waals surface area contributed by atoms with E-state index in [9.17, 15) is 5.11 Å². The van der Waals surface area contributed by atoms with Gasteiger partial charge in [0.25, 0.3) is 0 Å². The van der Waals surface area contributed by atoms with Gasteiger partial charge in [0.05, 0.1) is 17.4 Å². The lowest BCUT2D eigenvalue weighted by atomic mass is 10.1. The first-order chi connectivity index (χ1) is 10.7. The van der Waals surface area contributed by atoms with E-state index in [1.165, 1.54) is 0 Å². The van der Waals surface area contributed by atoms with Gasteiger partial charge in [-0.2, -0.15) is 0 Å². The molecule has 3 heterocycles. The third kappa shape index (κ3) is 2.16. The first kappa shape index (κ1) is 13.3. The largest absolute Gasteiger partial charge is 0.507 e. The maximum absolute atomic E-state index is 10.0. The van der Waals surface area contributed by atoms with Gasteiger partial charge in [0, 0.05) is 31.7 Å². The number of aromatic nitrogens is 2. The van der Waals surface area contributed by atoms with E-state index in [4.69, 9.17) is 0 Å². The van der Waals surface area contributed by atoms with Crippen molar-refractivity contribution in [3.05, 3.63) is 30.3 Å². The van der Waals surface area contributed by atoms with Gasteiger partial charge in [-0.25, -0.2) is 0 Å². The molecule has 2 aromatic rings. The zero-order valence-electron chi connectivity index (χ0n) is 12.5. The number of aromatic hydroxyl groups is 1. The lowest BCUT2D eigenvalue weighted by molar-refractivity contribution is 0.269. The fourth-order valence-corrected chi connectivity index (χ4v) is 3.27. The van der Waals surface area contributed by atoms with Gasteiger partial charge in [-0.3, -0.25) is 0 Å². The maximum Gasteiger partial charge on any atom is 0.172 e. The zero-order valence-corrected chi connectivity index (χ0v) is 12.5. The third-order valence-corrected chi connectivity index (χ3v) is 4.45. The number of likely N-dealkylation sites (N-methyl/N-ethyl adjacent to an activating group) is 1. The number of rotatable bonds is 1. The number of nitrogens with one attached hydrogen (secondary N) is 1. The second-order valence-electron chi connectivity index (χ2n) is 5.97. The van der Waals surface area contributed by atoms with Crippen LogP contribution in [0.15, 0.2) is 30.3 Å². The van der Waals surface area contributed by atoms with E-state index in [-0.39, 0.29) is 5.75 Å². The molecule has 1 aromatic carbocycles. The highest BCUT2D eigenvalue weighted by molar-refractivity contribution is 5.76. The molecule has 6 heteroatoms. The molecule has 1 aromatic heterocycles. The molecule has 22 heavy (non-hydrogen) atoms. The molecule has 2 aliphatic heterocycles. The van der Waals surface area contributed by atoms with Gasteiger partial charge in [0.15, 0.2) is 5.82 Å². The maximum atomic E-state index is 10.0. The number of nitrogens with zero attached hydrogens (tertiary/aromatic N) is 4. The van der Waals surface area contributed by atoms with Crippen molar-refractivity contribution in [2.75, 3.05) is 43.4 Å². The summed E-state index contributed by atoms with van der Waals surface area (Å²) in [5.74, 6) is 1.07. The lowest BCUT2D eigenvalue weighted by Gasteiger charge is -2.44. The van der Waals surface area contributed by atoms with Crippen molar-refractivity contribution in [2.45, 2.75) is 6.04 Å². The predicted octanol–water partition coefficient (Wildman–Crippen LogP) is 1.40. The van der Waals surface area contributed by atoms with Crippen LogP contribution in [0.5, 0.6) is 5.75 Å². The minimum absolute atomic E-state index is 0.232. The summed E-state index contributed by atoms with van der Waals surface area (Å²) >= 11 is 0. The fourth-order valence-electron chi connectivity index (χ4n) is 3.27. The van der Waals surface area contributed by atoms with E-state index in [0.29, 0.717) is 17.3 Å². The molecule has 114 valence electrons. The predicted molar refractivity (Wildman–Crippen MR) is 86.3 cm³/mol. The van der Waals surface area contributed by atoms with Crippen molar-refractivity contribution in [3.8, 4) is 17.0 Å². The van der Waals surface area contributed by atoms with Crippen LogP contribution in [0.2, 0.25) is 0 Å². The van der Waals surface area contributed by atoms with E-state index < -0.39 is 0 Å². The number of fused-ring (bicyclic) bond motifs is 3. The molecular formula is C16H19N5O. The molecule has 0 spiro atoms. The van der Waals surface area contributed by atoms with Crippen molar-refractivity contribution in [3.63, 3.8) is 0 Å². The topological polar surface area (TPSA) is 64.5 Å². The molecule has 0 radical (unpaired) electrons. The number of anilines is 2. The monoisotopic (exact) mass is 297 g/mol. The van der Waals surface area contributed by atoms with E-state index in [0.717, 1.165) is 37.7 Å². The first-order valence-corrected chi connectivity index (χ1v) is 7.57. The highest BCUT2D eigenvalue weighted by Crippen LogP contribution is 2.35. The Morgan fingerprint density at radius 3 is 2.95 bits per heavy atom. The van der Waals surface area contributed by atoms with Gasteiger partial charge < -0.3 is 20.2 Å². The molecule has 4 rings (SSSR count). The van der Waals surface area contributed by atoms with Crippen LogP contribution >= 0.6 is 0 Å². The van der Waals surface area contributed by atoms with Crippen molar-refractivity contribution in [1.29, 1.82) is 0 Å². The molecule has 6 nitrogen and oxygen atoms in total. The number of hydrogen-bond acceptors (Lipinski definition) is 6. The second kappa shape index (κ2) is 5.14. The number of phenols is 1. The van der Waals surface area contributed by atoms with Crippen molar-refractivity contribution in [2.24, 2.45) is 0 Å². The summed E-state index contributed by atoms with van der Waals surface area (Å²) in [5.41, 5.74) is 2.50. The fraction of sp³-hybridized carbons (Fsp3) is 0.375. The van der Waals surface area contributed by atoms with E-state index in [1.54, 1.807) is 6.07 Å². The summed E-state index contributed by atoms with van der Waals surface area (Å²) in [4.78, 5) is 4.76. The van der Waals surface area contributed by atoms with Gasteiger partial charge in [-0.1, -0.05) is 12.1 Å². The number of para-hydroxylation sites is 1. The lowest BCUT2D eigenvalue weighted by Crippen LogP contribution is -2.56. The van der Waals surface area contributed by atoms with Crippen LogP contribution in [0, 0.1) is 0 Å². The Morgan fingerprint density at radius 2 is 2.09 bits per heavy atom. The average Bonchev–Trinajstić information content (AvgIpc) is 2.54. The minimum Gasteiger partial charge on any atom is -0.507 e. The standard InChI is InChI=1S/C16H19N5O/c1-20-6-7-21-11(10-20)9-17-16-14(21)8-13(18-19-16)12-4-2-3-5-15(12)22/h2-5,8,11,22H,6-7,9-10H2,1H3,(H,17,19)/t11-/m0/s1. The van der Waals surface area contributed by atoms with Crippen molar-refractivity contribution in [1.82, 2.24) is 15.1 Å². The molecule has 0 saturated carbocycles. The van der Waals surface area contributed by atoms with Gasteiger partial charge >= 0.3 is 0 Å². The number of benzene rings is 1. The summed E-state index contributed by atoms with van der Waals surface area (Å²) in [7, 11) is 2.16. The molecule has 2 N–H and O–H groups in total. The van der Waals surface area contributed by atoms with Crippen LogP contribution < -0.4 is 10.2 Å². The Morgan fingerprint density at radius 1 is 1.23 bits per heavy atom. The number of phenolic OH excluding ortho intramolecular Hbond substituents is 1. The number of piperazine rings is 1. The van der Waals surface area contributed by atoms with E-state index in [2.05, 4.69) is 32.4 Å². The number of hydrogen-bond donors (Lipinski definition) is 2. The summed E-state index contributed by atoms with van der Waals surface area (Å²) in [6, 6.07) is 9.72. The van der Waals surface area contributed by atoms with Gasteiger partial charge in [0.2, 0.25) is 0 Å². The second-order valence-corrected chi connectivity index (χ2v) is 5.97. The normalized spacial score (nSPS) is 21.0. The summed E-state index contributed by atoms with van der Waals surface area (Å²) in [6.45, 7) is 3.97. The van der Waals surface area contributed by atoms with Crippen LogP contribution in [0.1, 0.15) is 0 Å². The van der Waals surface area contributed by atoms with Crippen LogP contribution in [-0.2, 0) is 0 Å². The molecule has 0 unspecified atom stereocenters. The first-order valence-electron chi connectivity index (χ1n) is 7.57. The Bertz CT molecular complexity index is 705. The Balaban J connectivity index is 1.75. The third-order valence-electron chi connectivity index (χ3n) is 4.45. The molecule has 2 aliphatic rings. The molecule has 1 atom stereocenters. The Labute approximate surface area is 129 Å². The molecule has 0 amide bonds. The van der Waals surface area contributed by atoms with Gasteiger partial charge in [-0.15, -0.1) is 10.2 Å². The zero-order chi connectivity index (χ0) is 15.1. The molecule has 0 bridgehead atoms. The summed E-state index contributed by atoms with van der Waals surface area (Å²) in [6.07, 6.45) is 0. The summed E-state index contributed by atoms with van der Waals surface area (Å²) in [5, 5.41) is 22.0. The quantitative estimate of drug-likeness (QED) is 0.829. The Kier molecular flexibility index (Phi) is 3.11. The Hall–Kier alpha value is -2.34. The minimum atomic E-state index is 0.232. The van der Waals surface area contributed by atoms with Gasteiger partial charge in [-0.05, 0) is 25.2 Å². The summed E-state index contributed by atoms with van der Waals surface area (Å²) < 4.78 is 0. The van der Waals surface area contributed by atoms with E-state index in [1.807, 2.05) is 24.3 Å². The van der Waals surface area contributed by atoms with Crippen LogP contribution in [-0.4, -0.2) is 59.5 Å².